The van der Waals surface area contributed by atoms with Crippen molar-refractivity contribution in [2.24, 2.45) is 11.7 Å². The predicted octanol–water partition coefficient (Wildman–Crippen LogP) is 0.778. The lowest BCUT2D eigenvalue weighted by Crippen LogP contribution is -2.27. The highest BCUT2D eigenvalue weighted by Gasteiger charge is 2.28. The number of hydrogen-bond acceptors (Lipinski definition) is 5. The van der Waals surface area contributed by atoms with Crippen LogP contribution in [0, 0.1) is 27.4 Å². The Kier molecular flexibility index (Phi) is 3.33. The molecule has 0 aliphatic carbocycles. The van der Waals surface area contributed by atoms with Gasteiger partial charge in [-0.3, -0.25) is 14.9 Å². The maximum absolute atomic E-state index is 11.1. The predicted molar refractivity (Wildman–Crippen MR) is 67.3 cm³/mol. The molecule has 1 aliphatic rings. The van der Waals surface area contributed by atoms with Crippen LogP contribution in [0.25, 0.3) is 0 Å². The Labute approximate surface area is 109 Å². The number of hydrogen-bond donors (Lipinski definition) is 1. The Hall–Kier alpha value is -2.62. The molecule has 1 saturated heterocycles. The number of amides is 1. The Balaban J connectivity index is 2.29. The van der Waals surface area contributed by atoms with E-state index >= 15 is 0 Å². The van der Waals surface area contributed by atoms with Gasteiger partial charge in [-0.05, 0) is 12.5 Å². The van der Waals surface area contributed by atoms with Crippen molar-refractivity contribution in [3.05, 3.63) is 33.9 Å². The van der Waals surface area contributed by atoms with E-state index in [1.54, 1.807) is 6.07 Å². The van der Waals surface area contributed by atoms with E-state index in [2.05, 4.69) is 0 Å². The number of non-ortho nitro benzene ring substituents is 1. The number of nitrogens with zero attached hydrogens (tertiary/aromatic N) is 3. The number of nitrogens with two attached hydrogens (primary N) is 1. The molecular weight excluding hydrogens is 248 g/mol. The van der Waals surface area contributed by atoms with Gasteiger partial charge in [-0.1, -0.05) is 0 Å². The molecule has 1 aromatic carbocycles. The Morgan fingerprint density at radius 3 is 2.84 bits per heavy atom. The minimum absolute atomic E-state index is 0.119. The van der Waals surface area contributed by atoms with Gasteiger partial charge in [0.2, 0.25) is 5.91 Å². The zero-order chi connectivity index (χ0) is 14.0. The third-order valence-corrected chi connectivity index (χ3v) is 3.24. The first-order valence-electron chi connectivity index (χ1n) is 5.75. The van der Waals surface area contributed by atoms with E-state index in [-0.39, 0.29) is 23.1 Å². The summed E-state index contributed by atoms with van der Waals surface area (Å²) in [5.74, 6) is -0.593. The van der Waals surface area contributed by atoms with Gasteiger partial charge >= 0.3 is 0 Å². The molecule has 0 bridgehead atoms. The quantitative estimate of drug-likeness (QED) is 0.637. The van der Waals surface area contributed by atoms with E-state index in [0.717, 1.165) is 0 Å². The molecule has 0 spiro atoms. The van der Waals surface area contributed by atoms with Gasteiger partial charge in [0.1, 0.15) is 6.07 Å². The summed E-state index contributed by atoms with van der Waals surface area (Å²) < 4.78 is 0. The topological polar surface area (TPSA) is 113 Å². The minimum Gasteiger partial charge on any atom is -0.370 e. The summed E-state index contributed by atoms with van der Waals surface area (Å²) in [7, 11) is 0. The van der Waals surface area contributed by atoms with E-state index in [1.807, 2.05) is 11.0 Å². The Morgan fingerprint density at radius 1 is 1.58 bits per heavy atom. The number of anilines is 1. The molecular formula is C12H12N4O3. The monoisotopic (exact) mass is 260 g/mol. The van der Waals surface area contributed by atoms with Gasteiger partial charge < -0.3 is 10.6 Å². The van der Waals surface area contributed by atoms with E-state index in [1.165, 1.54) is 12.1 Å². The fraction of sp³-hybridized carbons (Fsp3) is 0.333. The van der Waals surface area contributed by atoms with Crippen LogP contribution in [0.4, 0.5) is 11.4 Å². The SMILES string of the molecule is N#Cc1cc([N+](=O)[O-])ccc1N1CCC(C(N)=O)C1. The molecule has 7 nitrogen and oxygen atoms in total. The maximum Gasteiger partial charge on any atom is 0.270 e. The molecule has 0 radical (unpaired) electrons. The molecule has 1 heterocycles. The smallest absolute Gasteiger partial charge is 0.270 e. The molecule has 7 heteroatoms. The normalized spacial score (nSPS) is 18.1. The number of benzene rings is 1. The van der Waals surface area contributed by atoms with Crippen LogP contribution >= 0.6 is 0 Å². The molecule has 2 rings (SSSR count). The fourth-order valence-corrected chi connectivity index (χ4v) is 2.21. The summed E-state index contributed by atoms with van der Waals surface area (Å²) in [6, 6.07) is 6.09. The van der Waals surface area contributed by atoms with Crippen molar-refractivity contribution in [3.8, 4) is 6.07 Å². The van der Waals surface area contributed by atoms with Crippen molar-refractivity contribution in [2.45, 2.75) is 6.42 Å². The molecule has 1 unspecified atom stereocenters. The second kappa shape index (κ2) is 4.94. The van der Waals surface area contributed by atoms with E-state index < -0.39 is 4.92 Å². The van der Waals surface area contributed by atoms with Gasteiger partial charge in [-0.2, -0.15) is 5.26 Å². The second-order valence-corrected chi connectivity index (χ2v) is 4.40. The van der Waals surface area contributed by atoms with E-state index in [9.17, 15) is 14.9 Å². The van der Waals surface area contributed by atoms with Gasteiger partial charge in [-0.15, -0.1) is 0 Å². The van der Waals surface area contributed by atoms with Crippen LogP contribution in [0.1, 0.15) is 12.0 Å². The summed E-state index contributed by atoms with van der Waals surface area (Å²) in [5.41, 5.74) is 5.98. The molecule has 1 amide bonds. The number of carbonyl (C=O) groups excluding carboxylic acids is 1. The van der Waals surface area contributed by atoms with Crippen molar-refractivity contribution >= 4 is 17.3 Å². The number of primary amides is 1. The van der Waals surface area contributed by atoms with Crippen LogP contribution in [0.5, 0.6) is 0 Å². The molecule has 98 valence electrons. The van der Waals surface area contributed by atoms with Gasteiger partial charge in [0.05, 0.1) is 22.1 Å². The fourth-order valence-electron chi connectivity index (χ4n) is 2.21. The summed E-state index contributed by atoms with van der Waals surface area (Å²) in [6.45, 7) is 1.06. The van der Waals surface area contributed by atoms with Crippen LogP contribution in [0.3, 0.4) is 0 Å². The number of nitro benzene ring substituents is 1. The van der Waals surface area contributed by atoms with Crippen LogP contribution in [-0.2, 0) is 4.79 Å². The van der Waals surface area contributed by atoms with Crippen molar-refractivity contribution in [3.63, 3.8) is 0 Å². The van der Waals surface area contributed by atoms with Crippen LogP contribution < -0.4 is 10.6 Å². The van der Waals surface area contributed by atoms with Crippen molar-refractivity contribution in [2.75, 3.05) is 18.0 Å². The average Bonchev–Trinajstić information content (AvgIpc) is 2.87. The van der Waals surface area contributed by atoms with Gasteiger partial charge in [0.15, 0.2) is 0 Å². The first kappa shape index (κ1) is 12.8. The molecule has 19 heavy (non-hydrogen) atoms. The number of nitro groups is 1. The van der Waals surface area contributed by atoms with Crippen LogP contribution in [0.2, 0.25) is 0 Å². The third kappa shape index (κ3) is 2.47. The molecule has 0 saturated carbocycles. The summed E-state index contributed by atoms with van der Waals surface area (Å²) in [4.78, 5) is 23.1. The third-order valence-electron chi connectivity index (χ3n) is 3.24. The highest BCUT2D eigenvalue weighted by Crippen LogP contribution is 2.29. The van der Waals surface area contributed by atoms with Crippen LogP contribution in [0.15, 0.2) is 18.2 Å². The number of carbonyl (C=O) groups is 1. The Morgan fingerprint density at radius 2 is 2.32 bits per heavy atom. The highest BCUT2D eigenvalue weighted by molar-refractivity contribution is 5.78. The molecule has 1 aromatic rings. The number of nitriles is 1. The molecule has 1 fully saturated rings. The summed E-state index contributed by atoms with van der Waals surface area (Å²) in [6.07, 6.45) is 0.636. The zero-order valence-corrected chi connectivity index (χ0v) is 10.1. The summed E-state index contributed by atoms with van der Waals surface area (Å²) >= 11 is 0. The lowest BCUT2D eigenvalue weighted by molar-refractivity contribution is -0.384. The standard InChI is InChI=1S/C12H12N4O3/c13-6-9-5-10(16(18)19)1-2-11(9)15-4-3-8(7-15)12(14)17/h1-2,5,8H,3-4,7H2,(H2,14,17). The molecule has 1 atom stereocenters. The lowest BCUT2D eigenvalue weighted by atomic mass is 10.1. The first-order chi connectivity index (χ1) is 9.02. The largest absolute Gasteiger partial charge is 0.370 e. The van der Waals surface area contributed by atoms with Crippen molar-refractivity contribution in [1.29, 1.82) is 5.26 Å². The van der Waals surface area contributed by atoms with Gasteiger partial charge in [0.25, 0.3) is 5.69 Å². The number of rotatable bonds is 3. The minimum atomic E-state index is -0.541. The molecule has 2 N–H and O–H groups in total. The first-order valence-corrected chi connectivity index (χ1v) is 5.75. The van der Waals surface area contributed by atoms with Gasteiger partial charge in [-0.25, -0.2) is 0 Å². The molecule has 1 aliphatic heterocycles. The van der Waals surface area contributed by atoms with Crippen LogP contribution in [-0.4, -0.2) is 23.9 Å². The summed E-state index contributed by atoms with van der Waals surface area (Å²) in [5, 5.41) is 19.7. The lowest BCUT2D eigenvalue weighted by Gasteiger charge is -2.19. The maximum atomic E-state index is 11.1. The Bertz CT molecular complexity index is 579. The van der Waals surface area contributed by atoms with Crippen molar-refractivity contribution < 1.29 is 9.72 Å². The van der Waals surface area contributed by atoms with Gasteiger partial charge in [0, 0.05) is 25.2 Å². The van der Waals surface area contributed by atoms with Crippen molar-refractivity contribution in [1.82, 2.24) is 0 Å². The average molecular weight is 260 g/mol. The molecule has 0 aromatic heterocycles. The highest BCUT2D eigenvalue weighted by atomic mass is 16.6. The van der Waals surface area contributed by atoms with E-state index in [0.29, 0.717) is 25.2 Å². The second-order valence-electron chi connectivity index (χ2n) is 4.40. The van der Waals surface area contributed by atoms with E-state index in [4.69, 9.17) is 11.0 Å². The zero-order valence-electron chi connectivity index (χ0n) is 10.1.